The molecule has 1 aromatic carbocycles. The van der Waals surface area contributed by atoms with Crippen LogP contribution in [-0.4, -0.2) is 45.1 Å². The lowest BCUT2D eigenvalue weighted by molar-refractivity contribution is -0.119. The molecule has 1 N–H and O–H groups in total. The van der Waals surface area contributed by atoms with E-state index < -0.39 is 29.4 Å². The first kappa shape index (κ1) is 23.5. The smallest absolute Gasteiger partial charge is 0.347 e. The number of carbonyl (C=O) groups excluding carboxylic acids is 2. The molecule has 0 saturated heterocycles. The van der Waals surface area contributed by atoms with Crippen LogP contribution in [0.4, 0.5) is 23.7 Å². The van der Waals surface area contributed by atoms with E-state index in [1.807, 2.05) is 13.1 Å². The average molecular weight is 484 g/mol. The molecule has 2 aromatic heterocycles. The van der Waals surface area contributed by atoms with E-state index in [9.17, 15) is 22.8 Å². The van der Waals surface area contributed by atoms with Gasteiger partial charge in [0.1, 0.15) is 5.69 Å². The highest BCUT2D eigenvalue weighted by atomic mass is 19.2. The predicted molar refractivity (Wildman–Crippen MR) is 120 cm³/mol. The van der Waals surface area contributed by atoms with Gasteiger partial charge >= 0.3 is 6.03 Å². The number of hydrogen-bond donors (Lipinski definition) is 1. The number of aryl methyl sites for hydroxylation is 1. The number of carbonyl (C=O) groups is 2. The summed E-state index contributed by atoms with van der Waals surface area (Å²) in [6, 6.07) is 4.02. The van der Waals surface area contributed by atoms with Crippen molar-refractivity contribution < 1.29 is 27.5 Å². The number of benzene rings is 1. The summed E-state index contributed by atoms with van der Waals surface area (Å²) in [5, 5.41) is 0.841. The molecular formula is C23H19F3N6O3. The number of hydrazine groups is 1. The molecule has 3 heterocycles. The lowest BCUT2D eigenvalue weighted by atomic mass is 10.2. The number of amides is 3. The van der Waals surface area contributed by atoms with Crippen LogP contribution in [0.25, 0.3) is 11.8 Å². The van der Waals surface area contributed by atoms with Crippen molar-refractivity contribution in [1.82, 2.24) is 25.0 Å². The SMILES string of the molecule is COc1nc(C=CC(=O)NN2C=CCN(c3cc(F)c(F)c(F)c3)C2=O)ccc1-n1cnc(C)c1. The van der Waals surface area contributed by atoms with E-state index in [-0.39, 0.29) is 12.2 Å². The minimum absolute atomic E-state index is 0.0297. The van der Waals surface area contributed by atoms with Crippen LogP contribution in [-0.2, 0) is 4.79 Å². The molecule has 12 heteroatoms. The first-order valence-electron chi connectivity index (χ1n) is 10.2. The molecule has 3 aromatic rings. The van der Waals surface area contributed by atoms with E-state index in [0.717, 1.165) is 21.7 Å². The molecule has 1 aliphatic rings. The van der Waals surface area contributed by atoms with Gasteiger partial charge in [-0.15, -0.1) is 0 Å². The number of urea groups is 1. The van der Waals surface area contributed by atoms with Crippen molar-refractivity contribution in [3.05, 3.63) is 84.0 Å². The topological polar surface area (TPSA) is 92.6 Å². The minimum Gasteiger partial charge on any atom is -0.479 e. The van der Waals surface area contributed by atoms with Crippen LogP contribution >= 0.6 is 0 Å². The maximum atomic E-state index is 13.6. The Bertz CT molecular complexity index is 1330. The quantitative estimate of drug-likeness (QED) is 0.427. The molecule has 35 heavy (non-hydrogen) atoms. The van der Waals surface area contributed by atoms with Crippen LogP contribution in [0.15, 0.2) is 55.1 Å². The molecule has 0 unspecified atom stereocenters. The molecule has 0 atom stereocenters. The molecule has 0 bridgehead atoms. The van der Waals surface area contributed by atoms with Crippen LogP contribution in [0.1, 0.15) is 11.4 Å². The second kappa shape index (κ2) is 9.71. The number of methoxy groups -OCH3 is 1. The number of nitrogens with zero attached hydrogens (tertiary/aromatic N) is 5. The molecule has 1 aliphatic heterocycles. The van der Waals surface area contributed by atoms with E-state index in [2.05, 4.69) is 15.4 Å². The summed E-state index contributed by atoms with van der Waals surface area (Å²) in [5.74, 6) is -4.86. The number of pyridine rings is 1. The summed E-state index contributed by atoms with van der Waals surface area (Å²) in [6.07, 6.45) is 8.78. The Balaban J connectivity index is 1.45. The molecule has 4 rings (SSSR count). The van der Waals surface area contributed by atoms with E-state index in [1.54, 1.807) is 23.0 Å². The Hall–Kier alpha value is -4.61. The zero-order valence-electron chi connectivity index (χ0n) is 18.6. The number of anilines is 1. The van der Waals surface area contributed by atoms with Crippen LogP contribution < -0.4 is 15.1 Å². The summed E-state index contributed by atoms with van der Waals surface area (Å²) in [6.45, 7) is 1.82. The van der Waals surface area contributed by atoms with Gasteiger partial charge in [0.15, 0.2) is 17.5 Å². The van der Waals surface area contributed by atoms with Gasteiger partial charge in [-0.1, -0.05) is 0 Å². The van der Waals surface area contributed by atoms with Gasteiger partial charge in [0.05, 0.1) is 30.5 Å². The number of hydrogen-bond acceptors (Lipinski definition) is 5. The Morgan fingerprint density at radius 2 is 1.94 bits per heavy atom. The fourth-order valence-corrected chi connectivity index (χ4v) is 3.29. The number of aromatic nitrogens is 3. The summed E-state index contributed by atoms with van der Waals surface area (Å²) in [5.41, 5.74) is 4.04. The monoisotopic (exact) mass is 484 g/mol. The number of ether oxygens (including phenoxy) is 1. The molecule has 3 amide bonds. The first-order chi connectivity index (χ1) is 16.8. The number of nitrogens with one attached hydrogen (secondary N) is 1. The largest absolute Gasteiger partial charge is 0.479 e. The van der Waals surface area contributed by atoms with Crippen LogP contribution in [0.3, 0.4) is 0 Å². The first-order valence-corrected chi connectivity index (χ1v) is 10.2. The second-order valence-corrected chi connectivity index (χ2v) is 7.37. The Labute approximate surface area is 197 Å². The second-order valence-electron chi connectivity index (χ2n) is 7.37. The van der Waals surface area contributed by atoms with Gasteiger partial charge in [-0.3, -0.25) is 15.1 Å². The van der Waals surface area contributed by atoms with Crippen molar-refractivity contribution in [2.75, 3.05) is 18.6 Å². The zero-order chi connectivity index (χ0) is 25.1. The number of imidazole rings is 1. The molecule has 0 spiro atoms. The number of rotatable bonds is 6. The lowest BCUT2D eigenvalue weighted by Crippen LogP contribution is -2.51. The highest BCUT2D eigenvalue weighted by Gasteiger charge is 2.26. The molecule has 0 fully saturated rings. The maximum absolute atomic E-state index is 13.6. The van der Waals surface area contributed by atoms with E-state index >= 15 is 0 Å². The van der Waals surface area contributed by atoms with Gasteiger partial charge in [0.25, 0.3) is 5.91 Å². The van der Waals surface area contributed by atoms with Crippen LogP contribution in [0.5, 0.6) is 5.88 Å². The van der Waals surface area contributed by atoms with E-state index in [1.165, 1.54) is 25.5 Å². The summed E-state index contributed by atoms with van der Waals surface area (Å²) >= 11 is 0. The van der Waals surface area contributed by atoms with Gasteiger partial charge in [-0.2, -0.15) is 0 Å². The Morgan fingerprint density at radius 3 is 2.60 bits per heavy atom. The normalized spacial score (nSPS) is 13.6. The van der Waals surface area contributed by atoms with Crippen LogP contribution in [0.2, 0.25) is 0 Å². The summed E-state index contributed by atoms with van der Waals surface area (Å²) in [7, 11) is 1.47. The van der Waals surface area contributed by atoms with E-state index in [0.29, 0.717) is 29.4 Å². The van der Waals surface area contributed by atoms with Gasteiger partial charge in [-0.25, -0.2) is 32.9 Å². The van der Waals surface area contributed by atoms with Crippen molar-refractivity contribution in [3.8, 4) is 11.6 Å². The fourth-order valence-electron chi connectivity index (χ4n) is 3.29. The summed E-state index contributed by atoms with van der Waals surface area (Å²) < 4.78 is 47.5. The molecule has 0 radical (unpaired) electrons. The lowest BCUT2D eigenvalue weighted by Gasteiger charge is -2.31. The molecule has 180 valence electrons. The maximum Gasteiger partial charge on any atom is 0.347 e. The van der Waals surface area contributed by atoms with Crippen molar-refractivity contribution >= 4 is 23.7 Å². The third kappa shape index (κ3) is 5.00. The molecular weight excluding hydrogens is 465 g/mol. The van der Waals surface area contributed by atoms with Gasteiger partial charge < -0.3 is 9.30 Å². The number of halogens is 3. The van der Waals surface area contributed by atoms with E-state index in [4.69, 9.17) is 4.74 Å². The van der Waals surface area contributed by atoms with Crippen molar-refractivity contribution in [3.63, 3.8) is 0 Å². The Kier molecular flexibility index (Phi) is 6.53. The van der Waals surface area contributed by atoms with Crippen molar-refractivity contribution in [2.24, 2.45) is 0 Å². The highest BCUT2D eigenvalue weighted by molar-refractivity contribution is 5.97. The fraction of sp³-hybridized carbons (Fsp3) is 0.130. The third-order valence-electron chi connectivity index (χ3n) is 4.94. The van der Waals surface area contributed by atoms with Gasteiger partial charge in [0.2, 0.25) is 5.88 Å². The molecule has 0 aliphatic carbocycles. The third-order valence-corrected chi connectivity index (χ3v) is 4.94. The highest BCUT2D eigenvalue weighted by Crippen LogP contribution is 2.24. The summed E-state index contributed by atoms with van der Waals surface area (Å²) in [4.78, 5) is 34.6. The standard InChI is InChI=1S/C23H19F3N6O3/c1-14-12-30(13-27-14)19-6-4-15(28-22(19)35-2)5-7-20(33)29-32-9-3-8-31(23(32)34)16-10-17(24)21(26)18(25)11-16/h3-7,9-13H,8H2,1-2H3,(H,29,33). The molecule has 0 saturated carbocycles. The predicted octanol–water partition coefficient (Wildman–Crippen LogP) is 3.50. The minimum atomic E-state index is -1.64. The Morgan fingerprint density at radius 1 is 1.20 bits per heavy atom. The molecule has 9 nitrogen and oxygen atoms in total. The van der Waals surface area contributed by atoms with Gasteiger partial charge in [0, 0.05) is 37.2 Å². The van der Waals surface area contributed by atoms with Gasteiger partial charge in [-0.05, 0) is 31.2 Å². The van der Waals surface area contributed by atoms with Crippen molar-refractivity contribution in [2.45, 2.75) is 6.92 Å². The average Bonchev–Trinajstić information content (AvgIpc) is 3.28. The zero-order valence-corrected chi connectivity index (χ0v) is 18.6. The van der Waals surface area contributed by atoms with Crippen LogP contribution in [0, 0.1) is 24.4 Å². The van der Waals surface area contributed by atoms with Crippen molar-refractivity contribution in [1.29, 1.82) is 0 Å².